The number of carbonyl (C=O) groups is 1. The molecule has 58 valence electrons. The van der Waals surface area contributed by atoms with Gasteiger partial charge in [-0.3, -0.25) is 4.79 Å². The average molecular weight is 150 g/mol. The molecule has 2 unspecified atom stereocenters. The van der Waals surface area contributed by atoms with Gasteiger partial charge in [0, 0.05) is 13.1 Å². The van der Waals surface area contributed by atoms with E-state index in [2.05, 4.69) is 0 Å². The number of piperidine rings is 1. The van der Waals surface area contributed by atoms with E-state index in [4.69, 9.17) is 5.26 Å². The fourth-order valence-electron chi connectivity index (χ4n) is 1.78. The third-order valence-corrected chi connectivity index (χ3v) is 2.56. The third kappa shape index (κ3) is 1.09. The Kier molecular flexibility index (Phi) is 1.35. The Morgan fingerprint density at radius 2 is 2.18 bits per heavy atom. The lowest BCUT2D eigenvalue weighted by molar-refractivity contribution is -0.129. The van der Waals surface area contributed by atoms with Crippen molar-refractivity contribution in [1.82, 2.24) is 4.90 Å². The van der Waals surface area contributed by atoms with E-state index in [-0.39, 0.29) is 12.3 Å². The number of likely N-dealkylation sites (tertiary alicyclic amines) is 1. The minimum absolute atomic E-state index is 0.0136. The molecule has 1 aliphatic carbocycles. The number of amides is 1. The quantitative estimate of drug-likeness (QED) is 0.542. The number of hydrogen-bond acceptors (Lipinski definition) is 2. The zero-order valence-electron chi connectivity index (χ0n) is 6.29. The number of nitrogens with zero attached hydrogens (tertiary/aromatic N) is 2. The van der Waals surface area contributed by atoms with Gasteiger partial charge in [-0.25, -0.2) is 0 Å². The van der Waals surface area contributed by atoms with Crippen molar-refractivity contribution in [1.29, 1.82) is 5.26 Å². The highest BCUT2D eigenvalue weighted by Gasteiger charge is 2.46. The molecule has 2 atom stereocenters. The van der Waals surface area contributed by atoms with E-state index in [9.17, 15) is 4.79 Å². The van der Waals surface area contributed by atoms with Gasteiger partial charge in [-0.1, -0.05) is 0 Å². The molecule has 1 amide bonds. The van der Waals surface area contributed by atoms with Crippen LogP contribution >= 0.6 is 0 Å². The van der Waals surface area contributed by atoms with Gasteiger partial charge in [-0.05, 0) is 18.3 Å². The van der Waals surface area contributed by atoms with E-state index < -0.39 is 0 Å². The van der Waals surface area contributed by atoms with E-state index in [1.54, 1.807) is 0 Å². The van der Waals surface area contributed by atoms with Crippen LogP contribution in [0.25, 0.3) is 0 Å². The summed E-state index contributed by atoms with van der Waals surface area (Å²) < 4.78 is 0. The van der Waals surface area contributed by atoms with Crippen molar-refractivity contribution in [2.45, 2.75) is 12.8 Å². The van der Waals surface area contributed by atoms with Gasteiger partial charge in [0.15, 0.2) is 0 Å². The summed E-state index contributed by atoms with van der Waals surface area (Å²) in [5.74, 6) is 1.56. The van der Waals surface area contributed by atoms with Crippen LogP contribution in [0.4, 0.5) is 0 Å². The standard InChI is InChI=1S/C8H10N2O/c9-2-1-8(11)10-4-6-3-7(6)5-10/h6-7H,1,3-5H2. The summed E-state index contributed by atoms with van der Waals surface area (Å²) in [6.45, 7) is 1.82. The minimum atomic E-state index is 0.0136. The van der Waals surface area contributed by atoms with Gasteiger partial charge < -0.3 is 4.90 Å². The fraction of sp³-hybridized carbons (Fsp3) is 0.750. The van der Waals surface area contributed by atoms with Crippen LogP contribution in [0, 0.1) is 23.2 Å². The number of nitriles is 1. The van der Waals surface area contributed by atoms with E-state index in [1.165, 1.54) is 6.42 Å². The Balaban J connectivity index is 1.88. The molecule has 3 nitrogen and oxygen atoms in total. The molecule has 0 radical (unpaired) electrons. The first-order valence-corrected chi connectivity index (χ1v) is 3.96. The molecule has 1 aliphatic heterocycles. The van der Waals surface area contributed by atoms with E-state index >= 15 is 0 Å². The zero-order chi connectivity index (χ0) is 7.84. The maximum absolute atomic E-state index is 11.1. The molecule has 2 rings (SSSR count). The number of hydrogen-bond donors (Lipinski definition) is 0. The molecule has 1 saturated heterocycles. The fourth-order valence-corrected chi connectivity index (χ4v) is 1.78. The van der Waals surface area contributed by atoms with Crippen molar-refractivity contribution in [2.75, 3.05) is 13.1 Å². The summed E-state index contributed by atoms with van der Waals surface area (Å²) in [7, 11) is 0. The Morgan fingerprint density at radius 3 is 2.73 bits per heavy atom. The third-order valence-electron chi connectivity index (χ3n) is 2.56. The summed E-state index contributed by atoms with van der Waals surface area (Å²) in [6.07, 6.45) is 1.36. The molecule has 11 heavy (non-hydrogen) atoms. The second-order valence-corrected chi connectivity index (χ2v) is 3.39. The lowest BCUT2D eigenvalue weighted by atomic mass is 10.3. The van der Waals surface area contributed by atoms with Crippen molar-refractivity contribution in [3.05, 3.63) is 0 Å². The molecule has 2 fully saturated rings. The molecule has 0 aromatic heterocycles. The van der Waals surface area contributed by atoms with Gasteiger partial charge in [0.25, 0.3) is 0 Å². The first-order chi connectivity index (χ1) is 5.31. The Hall–Kier alpha value is -1.04. The zero-order valence-corrected chi connectivity index (χ0v) is 6.29. The largest absolute Gasteiger partial charge is 0.341 e. The van der Waals surface area contributed by atoms with Crippen LogP contribution in [0.2, 0.25) is 0 Å². The Bertz CT molecular complexity index is 221. The van der Waals surface area contributed by atoms with Crippen LogP contribution in [0.15, 0.2) is 0 Å². The molecule has 0 aromatic rings. The van der Waals surface area contributed by atoms with Crippen molar-refractivity contribution in [3.63, 3.8) is 0 Å². The summed E-state index contributed by atoms with van der Waals surface area (Å²) in [5.41, 5.74) is 0. The molecule has 0 aromatic carbocycles. The van der Waals surface area contributed by atoms with Crippen LogP contribution in [-0.4, -0.2) is 23.9 Å². The molecule has 1 heterocycles. The highest BCUT2D eigenvalue weighted by atomic mass is 16.2. The minimum Gasteiger partial charge on any atom is -0.341 e. The predicted molar refractivity (Wildman–Crippen MR) is 38.4 cm³/mol. The molecular formula is C8H10N2O. The molecule has 2 aliphatic rings. The maximum Gasteiger partial charge on any atom is 0.236 e. The van der Waals surface area contributed by atoms with Gasteiger partial charge in [0.1, 0.15) is 6.42 Å². The Morgan fingerprint density at radius 1 is 1.55 bits per heavy atom. The van der Waals surface area contributed by atoms with Crippen LogP contribution < -0.4 is 0 Å². The lowest BCUT2D eigenvalue weighted by Gasteiger charge is -2.15. The van der Waals surface area contributed by atoms with Crippen molar-refractivity contribution in [3.8, 4) is 6.07 Å². The predicted octanol–water partition coefficient (Wildman–Crippen LogP) is 0.378. The van der Waals surface area contributed by atoms with Crippen LogP contribution in [-0.2, 0) is 4.79 Å². The van der Waals surface area contributed by atoms with E-state index in [1.807, 2.05) is 11.0 Å². The topological polar surface area (TPSA) is 44.1 Å². The molecular weight excluding hydrogens is 140 g/mol. The second kappa shape index (κ2) is 2.23. The molecule has 0 spiro atoms. The second-order valence-electron chi connectivity index (χ2n) is 3.39. The van der Waals surface area contributed by atoms with E-state index in [0.29, 0.717) is 0 Å². The highest BCUT2D eigenvalue weighted by Crippen LogP contribution is 2.44. The molecule has 0 N–H and O–H groups in total. The van der Waals surface area contributed by atoms with Gasteiger partial charge >= 0.3 is 0 Å². The number of rotatable bonds is 1. The van der Waals surface area contributed by atoms with Gasteiger partial charge in [-0.2, -0.15) is 5.26 Å². The number of carbonyl (C=O) groups excluding carboxylic acids is 1. The smallest absolute Gasteiger partial charge is 0.236 e. The van der Waals surface area contributed by atoms with Crippen molar-refractivity contribution >= 4 is 5.91 Å². The summed E-state index contributed by atoms with van der Waals surface area (Å²) in [5, 5.41) is 8.28. The van der Waals surface area contributed by atoms with Crippen LogP contribution in [0.5, 0.6) is 0 Å². The summed E-state index contributed by atoms with van der Waals surface area (Å²) >= 11 is 0. The monoisotopic (exact) mass is 150 g/mol. The maximum atomic E-state index is 11.1. The summed E-state index contributed by atoms with van der Waals surface area (Å²) in [4.78, 5) is 12.9. The van der Waals surface area contributed by atoms with Crippen molar-refractivity contribution < 1.29 is 4.79 Å². The summed E-state index contributed by atoms with van der Waals surface area (Å²) in [6, 6.07) is 1.88. The Labute approximate surface area is 65.6 Å². The lowest BCUT2D eigenvalue weighted by Crippen LogP contribution is -2.29. The first kappa shape index (κ1) is 6.66. The van der Waals surface area contributed by atoms with Gasteiger partial charge in [0.05, 0.1) is 6.07 Å². The normalized spacial score (nSPS) is 32.8. The van der Waals surface area contributed by atoms with Gasteiger partial charge in [-0.15, -0.1) is 0 Å². The molecule has 3 heteroatoms. The van der Waals surface area contributed by atoms with Crippen molar-refractivity contribution in [2.24, 2.45) is 11.8 Å². The molecule has 0 bridgehead atoms. The van der Waals surface area contributed by atoms with Gasteiger partial charge in [0.2, 0.25) is 5.91 Å². The first-order valence-electron chi connectivity index (χ1n) is 3.96. The van der Waals surface area contributed by atoms with E-state index in [0.717, 1.165) is 24.9 Å². The average Bonchev–Trinajstić information content (AvgIpc) is 2.59. The van der Waals surface area contributed by atoms with Crippen LogP contribution in [0.1, 0.15) is 12.8 Å². The highest BCUT2D eigenvalue weighted by molar-refractivity contribution is 5.78. The van der Waals surface area contributed by atoms with Crippen LogP contribution in [0.3, 0.4) is 0 Å². The molecule has 1 saturated carbocycles. The number of fused-ring (bicyclic) bond motifs is 1. The SMILES string of the molecule is N#CCC(=O)N1CC2CC2C1.